The molecule has 2 amide bonds. The number of anilines is 1. The number of nitrogens with zero attached hydrogens (tertiary/aromatic N) is 2. The summed E-state index contributed by atoms with van der Waals surface area (Å²) in [6.45, 7) is 0. The lowest BCUT2D eigenvalue weighted by atomic mass is 10.0. The van der Waals surface area contributed by atoms with Crippen LogP contribution in [0.1, 0.15) is 19.3 Å². The van der Waals surface area contributed by atoms with Crippen molar-refractivity contribution < 1.29 is 23.1 Å². The molecule has 0 spiro atoms. The van der Waals surface area contributed by atoms with E-state index in [0.717, 1.165) is 0 Å². The van der Waals surface area contributed by atoms with E-state index < -0.39 is 34.9 Å². The van der Waals surface area contributed by atoms with Gasteiger partial charge < -0.3 is 15.4 Å². The van der Waals surface area contributed by atoms with Gasteiger partial charge in [-0.05, 0) is 61.7 Å². The first-order valence-electron chi connectivity index (χ1n) is 10.9. The van der Waals surface area contributed by atoms with Crippen molar-refractivity contribution in [2.75, 3.05) is 5.32 Å². The summed E-state index contributed by atoms with van der Waals surface area (Å²) in [6.07, 6.45) is 6.84. The highest BCUT2D eigenvalue weighted by atomic mass is 35.5. The summed E-state index contributed by atoms with van der Waals surface area (Å²) in [7, 11) is 0. The summed E-state index contributed by atoms with van der Waals surface area (Å²) in [6, 6.07) is 7.81. The van der Waals surface area contributed by atoms with Gasteiger partial charge in [-0.25, -0.2) is 13.8 Å². The van der Waals surface area contributed by atoms with E-state index in [0.29, 0.717) is 35.2 Å². The lowest BCUT2D eigenvalue weighted by Crippen LogP contribution is -2.44. The molecule has 35 heavy (non-hydrogen) atoms. The molecule has 5 rings (SSSR count). The van der Waals surface area contributed by atoms with Crippen molar-refractivity contribution in [3.63, 3.8) is 0 Å². The van der Waals surface area contributed by atoms with Gasteiger partial charge >= 0.3 is 0 Å². The molecule has 178 valence electrons. The van der Waals surface area contributed by atoms with Crippen LogP contribution in [0, 0.1) is 11.2 Å². The first-order valence-corrected chi connectivity index (χ1v) is 11.3. The van der Waals surface area contributed by atoms with E-state index in [9.17, 15) is 18.4 Å². The van der Waals surface area contributed by atoms with Crippen LogP contribution in [0.4, 0.5) is 14.5 Å². The molecular formula is C25H19ClF2N4O3. The van der Waals surface area contributed by atoms with E-state index in [2.05, 4.69) is 20.6 Å². The summed E-state index contributed by atoms with van der Waals surface area (Å²) in [4.78, 5) is 33.8. The average molecular weight is 497 g/mol. The number of allylic oxidation sites excluding steroid dienone is 1. The Morgan fingerprint density at radius 2 is 1.86 bits per heavy atom. The Morgan fingerprint density at radius 3 is 2.57 bits per heavy atom. The summed E-state index contributed by atoms with van der Waals surface area (Å²) in [5, 5.41) is 6.24. The zero-order chi connectivity index (χ0) is 24.6. The number of pyridine rings is 2. The number of carbonyl (C=O) groups excluding carboxylic acids is 2. The smallest absolute Gasteiger partial charge is 0.240 e. The second-order valence-corrected chi connectivity index (χ2v) is 8.76. The van der Waals surface area contributed by atoms with Crippen molar-refractivity contribution in [3.05, 3.63) is 83.5 Å². The number of carbonyl (C=O) groups is 2. The predicted octanol–water partition coefficient (Wildman–Crippen LogP) is 4.85. The molecule has 1 fully saturated rings. The molecule has 1 atom stereocenters. The Balaban J connectivity index is 1.23. The molecule has 0 saturated heterocycles. The maximum Gasteiger partial charge on any atom is 0.240 e. The summed E-state index contributed by atoms with van der Waals surface area (Å²) in [5.74, 6) is -1.65. The van der Waals surface area contributed by atoms with Crippen LogP contribution < -0.4 is 15.4 Å². The third-order valence-corrected chi connectivity index (χ3v) is 6.16. The zero-order valence-electron chi connectivity index (χ0n) is 18.2. The largest absolute Gasteiger partial charge is 0.454 e. The molecule has 0 bridgehead atoms. The van der Waals surface area contributed by atoms with E-state index >= 15 is 0 Å². The zero-order valence-corrected chi connectivity index (χ0v) is 19.0. The van der Waals surface area contributed by atoms with Gasteiger partial charge in [0.05, 0.1) is 16.9 Å². The lowest BCUT2D eigenvalue weighted by molar-refractivity contribution is -0.134. The van der Waals surface area contributed by atoms with E-state index in [1.54, 1.807) is 12.1 Å². The molecule has 1 aromatic carbocycles. The van der Waals surface area contributed by atoms with Crippen molar-refractivity contribution in [2.24, 2.45) is 5.41 Å². The van der Waals surface area contributed by atoms with E-state index in [1.807, 2.05) is 0 Å². The maximum atomic E-state index is 14.8. The number of fused-ring (bicyclic) bond motifs is 1. The predicted molar refractivity (Wildman–Crippen MR) is 126 cm³/mol. The highest BCUT2D eigenvalue weighted by Crippen LogP contribution is 2.47. The van der Waals surface area contributed by atoms with Crippen LogP contribution in [-0.4, -0.2) is 27.8 Å². The number of hydrogen-bond donors (Lipinski definition) is 2. The highest BCUT2D eigenvalue weighted by molar-refractivity contribution is 6.30. The first-order chi connectivity index (χ1) is 16.8. The van der Waals surface area contributed by atoms with Crippen molar-refractivity contribution in [1.82, 2.24) is 15.3 Å². The van der Waals surface area contributed by atoms with Gasteiger partial charge in [-0.15, -0.1) is 0 Å². The van der Waals surface area contributed by atoms with Crippen molar-refractivity contribution in [2.45, 2.75) is 25.3 Å². The minimum atomic E-state index is -1.22. The third-order valence-electron chi connectivity index (χ3n) is 5.95. The fourth-order valence-electron chi connectivity index (χ4n) is 3.82. The molecule has 7 nitrogen and oxygen atoms in total. The van der Waals surface area contributed by atoms with Gasteiger partial charge in [0.15, 0.2) is 11.6 Å². The lowest BCUT2D eigenvalue weighted by Gasteiger charge is -2.22. The monoisotopic (exact) mass is 496 g/mol. The Bertz CT molecular complexity index is 1390. The number of benzene rings is 1. The summed E-state index contributed by atoms with van der Waals surface area (Å²) >= 11 is 5.90. The molecule has 0 aliphatic heterocycles. The standard InChI is InChI=1S/C25H19ClF2N4O3/c26-22-12-19-17(13-30-22)20(7-10-29-19)35-21-6-5-16(11-18(21)28)32-24(34)25(8-9-25)23(33)31-15-3-1-14(27)2-4-15/h1-4,6-7,10-13,16H,5,8-9H2,(H,31,33)(H,32,34). The highest BCUT2D eigenvalue weighted by Gasteiger charge is 2.56. The molecule has 2 heterocycles. The quantitative estimate of drug-likeness (QED) is 0.376. The number of rotatable bonds is 6. The van der Waals surface area contributed by atoms with Crippen LogP contribution in [0.5, 0.6) is 5.75 Å². The van der Waals surface area contributed by atoms with Gasteiger partial charge in [0.25, 0.3) is 0 Å². The van der Waals surface area contributed by atoms with Crippen LogP contribution in [-0.2, 0) is 9.59 Å². The third kappa shape index (κ3) is 4.72. The second-order valence-electron chi connectivity index (χ2n) is 8.38. The number of halogens is 3. The fraction of sp³-hybridized carbons (Fsp3) is 0.200. The van der Waals surface area contributed by atoms with E-state index in [1.165, 1.54) is 48.8 Å². The number of ether oxygens (including phenoxy) is 1. The fourth-order valence-corrected chi connectivity index (χ4v) is 3.97. The molecule has 1 saturated carbocycles. The Kier molecular flexibility index (Phi) is 5.94. The number of amides is 2. The summed E-state index contributed by atoms with van der Waals surface area (Å²) in [5.41, 5.74) is -0.268. The minimum Gasteiger partial charge on any atom is -0.454 e. The van der Waals surface area contributed by atoms with Gasteiger partial charge in [-0.3, -0.25) is 14.6 Å². The minimum absolute atomic E-state index is 0.00753. The molecule has 1 unspecified atom stereocenters. The molecule has 2 aliphatic rings. The van der Waals surface area contributed by atoms with Crippen LogP contribution in [0.25, 0.3) is 10.9 Å². The summed E-state index contributed by atoms with van der Waals surface area (Å²) < 4.78 is 33.7. The van der Waals surface area contributed by atoms with Crippen LogP contribution in [0.3, 0.4) is 0 Å². The second kappa shape index (κ2) is 9.07. The normalized spacial score (nSPS) is 18.3. The molecule has 2 aromatic heterocycles. The van der Waals surface area contributed by atoms with Crippen molar-refractivity contribution >= 4 is 40.0 Å². The molecule has 3 aromatic rings. The van der Waals surface area contributed by atoms with Gasteiger partial charge in [0.1, 0.15) is 22.1 Å². The number of aromatic nitrogens is 2. The maximum absolute atomic E-state index is 14.8. The Labute approximate surface area is 203 Å². The van der Waals surface area contributed by atoms with E-state index in [4.69, 9.17) is 16.3 Å². The van der Waals surface area contributed by atoms with Gasteiger partial charge in [-0.2, -0.15) is 0 Å². The van der Waals surface area contributed by atoms with Gasteiger partial charge in [0, 0.05) is 24.1 Å². The van der Waals surface area contributed by atoms with Gasteiger partial charge in [0.2, 0.25) is 11.8 Å². The van der Waals surface area contributed by atoms with Crippen LogP contribution in [0.2, 0.25) is 5.15 Å². The number of nitrogens with one attached hydrogen (secondary N) is 2. The SMILES string of the molecule is O=C(Nc1ccc(F)cc1)C1(C(=O)NC2C=C(F)C(Oc3ccnc4cc(Cl)ncc34)=CC2)CC1. The average Bonchev–Trinajstić information content (AvgIpc) is 3.65. The first kappa shape index (κ1) is 22.9. The Hall–Kier alpha value is -3.85. The van der Waals surface area contributed by atoms with Crippen molar-refractivity contribution in [3.8, 4) is 5.75 Å². The van der Waals surface area contributed by atoms with Crippen LogP contribution in [0.15, 0.2) is 72.5 Å². The molecule has 2 aliphatic carbocycles. The van der Waals surface area contributed by atoms with Crippen molar-refractivity contribution in [1.29, 1.82) is 0 Å². The topological polar surface area (TPSA) is 93.2 Å². The molecule has 0 radical (unpaired) electrons. The Morgan fingerprint density at radius 1 is 1.09 bits per heavy atom. The molecule has 2 N–H and O–H groups in total. The van der Waals surface area contributed by atoms with E-state index in [-0.39, 0.29) is 17.3 Å². The molecular weight excluding hydrogens is 478 g/mol. The molecule has 10 heteroatoms. The van der Waals surface area contributed by atoms with Crippen LogP contribution >= 0.6 is 11.6 Å². The number of hydrogen-bond acceptors (Lipinski definition) is 5. The van der Waals surface area contributed by atoms with Gasteiger partial charge in [-0.1, -0.05) is 11.6 Å².